The molecule has 2 aliphatic heterocycles. The minimum absolute atomic E-state index is 0.0720. The zero-order chi connectivity index (χ0) is 16.9. The number of rotatable bonds is 3. The van der Waals surface area contributed by atoms with Crippen molar-refractivity contribution in [2.75, 3.05) is 38.1 Å². The van der Waals surface area contributed by atoms with Gasteiger partial charge in [-0.15, -0.1) is 0 Å². The van der Waals surface area contributed by atoms with E-state index in [0.717, 1.165) is 24.9 Å². The van der Waals surface area contributed by atoms with Crippen molar-refractivity contribution in [1.82, 2.24) is 9.80 Å². The topological polar surface area (TPSA) is 61.9 Å². The number of hydrogen-bond donors (Lipinski definition) is 1. The SMILES string of the molecule is CCc1ccc(NC(=O)N2CCN(C(=O)[C@@H]3CCCO3)CC2)cc1. The van der Waals surface area contributed by atoms with Crippen molar-refractivity contribution in [3.8, 4) is 0 Å². The Morgan fingerprint density at radius 3 is 2.38 bits per heavy atom. The Hall–Kier alpha value is -2.08. The molecule has 2 fully saturated rings. The average molecular weight is 331 g/mol. The van der Waals surface area contributed by atoms with Gasteiger partial charge in [0.25, 0.3) is 5.91 Å². The molecule has 0 spiro atoms. The van der Waals surface area contributed by atoms with Crippen molar-refractivity contribution in [2.45, 2.75) is 32.3 Å². The van der Waals surface area contributed by atoms with E-state index < -0.39 is 0 Å². The highest BCUT2D eigenvalue weighted by atomic mass is 16.5. The fraction of sp³-hybridized carbons (Fsp3) is 0.556. The van der Waals surface area contributed by atoms with Crippen LogP contribution in [0.25, 0.3) is 0 Å². The van der Waals surface area contributed by atoms with Gasteiger partial charge in [-0.1, -0.05) is 19.1 Å². The number of urea groups is 1. The molecule has 2 heterocycles. The lowest BCUT2D eigenvalue weighted by molar-refractivity contribution is -0.142. The molecule has 0 aliphatic carbocycles. The molecule has 2 aliphatic rings. The van der Waals surface area contributed by atoms with Gasteiger partial charge in [0.2, 0.25) is 0 Å². The van der Waals surface area contributed by atoms with E-state index in [4.69, 9.17) is 4.74 Å². The first kappa shape index (κ1) is 16.8. The lowest BCUT2D eigenvalue weighted by Crippen LogP contribution is -2.53. The number of benzene rings is 1. The second-order valence-corrected chi connectivity index (χ2v) is 6.29. The molecular formula is C18H25N3O3. The van der Waals surface area contributed by atoms with Gasteiger partial charge in [0.05, 0.1) is 0 Å². The van der Waals surface area contributed by atoms with Crippen LogP contribution in [0, 0.1) is 0 Å². The van der Waals surface area contributed by atoms with Gasteiger partial charge in [-0.2, -0.15) is 0 Å². The van der Waals surface area contributed by atoms with E-state index >= 15 is 0 Å². The predicted molar refractivity (Wildman–Crippen MR) is 92.0 cm³/mol. The number of amides is 3. The van der Waals surface area contributed by atoms with Crippen LogP contribution in [0.4, 0.5) is 10.5 Å². The van der Waals surface area contributed by atoms with Crippen LogP contribution >= 0.6 is 0 Å². The maximum Gasteiger partial charge on any atom is 0.321 e. The fourth-order valence-electron chi connectivity index (χ4n) is 3.13. The van der Waals surface area contributed by atoms with Crippen LogP contribution in [0.3, 0.4) is 0 Å². The average Bonchev–Trinajstić information content (AvgIpc) is 3.16. The molecule has 1 aromatic carbocycles. The van der Waals surface area contributed by atoms with Gasteiger partial charge in [-0.25, -0.2) is 4.79 Å². The predicted octanol–water partition coefficient (Wildman–Crippen LogP) is 2.10. The molecule has 130 valence electrons. The smallest absolute Gasteiger partial charge is 0.321 e. The van der Waals surface area contributed by atoms with Gasteiger partial charge in [0.15, 0.2) is 0 Å². The van der Waals surface area contributed by atoms with E-state index in [1.54, 1.807) is 4.90 Å². The molecule has 0 bridgehead atoms. The molecule has 0 saturated carbocycles. The number of carbonyl (C=O) groups excluding carboxylic acids is 2. The summed E-state index contributed by atoms with van der Waals surface area (Å²) >= 11 is 0. The van der Waals surface area contributed by atoms with Gasteiger partial charge in [-0.05, 0) is 37.0 Å². The van der Waals surface area contributed by atoms with Gasteiger partial charge < -0.3 is 19.9 Å². The van der Waals surface area contributed by atoms with E-state index in [1.807, 2.05) is 29.2 Å². The molecule has 3 amide bonds. The van der Waals surface area contributed by atoms with Crippen LogP contribution in [-0.4, -0.2) is 60.6 Å². The number of piperazine rings is 1. The number of carbonyl (C=O) groups is 2. The second-order valence-electron chi connectivity index (χ2n) is 6.29. The summed E-state index contributed by atoms with van der Waals surface area (Å²) in [6.45, 7) is 5.02. The van der Waals surface area contributed by atoms with Gasteiger partial charge in [0, 0.05) is 38.5 Å². The van der Waals surface area contributed by atoms with Crippen molar-refractivity contribution in [3.63, 3.8) is 0 Å². The Bertz CT molecular complexity index is 574. The fourth-order valence-corrected chi connectivity index (χ4v) is 3.13. The zero-order valence-corrected chi connectivity index (χ0v) is 14.2. The molecule has 2 saturated heterocycles. The number of hydrogen-bond acceptors (Lipinski definition) is 3. The lowest BCUT2D eigenvalue weighted by Gasteiger charge is -2.35. The van der Waals surface area contributed by atoms with Crippen molar-refractivity contribution < 1.29 is 14.3 Å². The third-order valence-corrected chi connectivity index (χ3v) is 4.70. The minimum atomic E-state index is -0.276. The van der Waals surface area contributed by atoms with Crippen molar-refractivity contribution in [3.05, 3.63) is 29.8 Å². The number of anilines is 1. The molecule has 1 aromatic rings. The number of nitrogens with one attached hydrogen (secondary N) is 1. The van der Waals surface area contributed by atoms with E-state index in [1.165, 1.54) is 5.56 Å². The maximum absolute atomic E-state index is 12.3. The van der Waals surface area contributed by atoms with E-state index in [0.29, 0.717) is 32.8 Å². The highest BCUT2D eigenvalue weighted by molar-refractivity contribution is 5.89. The third kappa shape index (κ3) is 3.87. The summed E-state index contributed by atoms with van der Waals surface area (Å²) in [5, 5.41) is 2.92. The Kier molecular flexibility index (Phi) is 5.35. The van der Waals surface area contributed by atoms with Crippen LogP contribution in [-0.2, 0) is 16.0 Å². The molecule has 1 N–H and O–H groups in total. The van der Waals surface area contributed by atoms with Gasteiger partial charge in [0.1, 0.15) is 6.10 Å². The molecular weight excluding hydrogens is 306 g/mol. The Morgan fingerprint density at radius 1 is 1.12 bits per heavy atom. The zero-order valence-electron chi connectivity index (χ0n) is 14.2. The Balaban J connectivity index is 1.48. The Morgan fingerprint density at radius 2 is 1.79 bits per heavy atom. The summed E-state index contributed by atoms with van der Waals surface area (Å²) in [7, 11) is 0. The number of nitrogens with zero attached hydrogens (tertiary/aromatic N) is 2. The molecule has 0 unspecified atom stereocenters. The summed E-state index contributed by atoms with van der Waals surface area (Å²) in [4.78, 5) is 28.2. The van der Waals surface area contributed by atoms with E-state index in [9.17, 15) is 9.59 Å². The molecule has 6 nitrogen and oxygen atoms in total. The van der Waals surface area contributed by atoms with Crippen molar-refractivity contribution in [2.24, 2.45) is 0 Å². The molecule has 3 rings (SSSR count). The van der Waals surface area contributed by atoms with Crippen LogP contribution < -0.4 is 5.32 Å². The van der Waals surface area contributed by atoms with E-state index in [2.05, 4.69) is 12.2 Å². The largest absolute Gasteiger partial charge is 0.368 e. The van der Waals surface area contributed by atoms with Gasteiger partial charge in [-0.3, -0.25) is 4.79 Å². The van der Waals surface area contributed by atoms with Crippen LogP contribution in [0.15, 0.2) is 24.3 Å². The normalized spacial score (nSPS) is 21.0. The first-order valence-corrected chi connectivity index (χ1v) is 8.72. The molecule has 24 heavy (non-hydrogen) atoms. The Labute approximate surface area is 142 Å². The first-order valence-electron chi connectivity index (χ1n) is 8.72. The van der Waals surface area contributed by atoms with Crippen LogP contribution in [0.1, 0.15) is 25.3 Å². The summed E-state index contributed by atoms with van der Waals surface area (Å²) in [6, 6.07) is 7.78. The second kappa shape index (κ2) is 7.66. The molecule has 0 radical (unpaired) electrons. The summed E-state index contributed by atoms with van der Waals surface area (Å²) in [6.07, 6.45) is 2.47. The van der Waals surface area contributed by atoms with Crippen molar-refractivity contribution in [1.29, 1.82) is 0 Å². The summed E-state index contributed by atoms with van der Waals surface area (Å²) in [5.74, 6) is 0.0720. The maximum atomic E-state index is 12.3. The van der Waals surface area contributed by atoms with Crippen LogP contribution in [0.2, 0.25) is 0 Å². The standard InChI is InChI=1S/C18H25N3O3/c1-2-14-5-7-15(8-6-14)19-18(23)21-11-9-20(10-12-21)17(22)16-4-3-13-24-16/h5-8,16H,2-4,9-13H2,1H3,(H,19,23)/t16-/m0/s1. The monoisotopic (exact) mass is 331 g/mol. The first-order chi connectivity index (χ1) is 11.7. The summed E-state index contributed by atoms with van der Waals surface area (Å²) < 4.78 is 5.46. The van der Waals surface area contributed by atoms with Gasteiger partial charge >= 0.3 is 6.03 Å². The van der Waals surface area contributed by atoms with Crippen LogP contribution in [0.5, 0.6) is 0 Å². The highest BCUT2D eigenvalue weighted by Crippen LogP contribution is 2.16. The molecule has 6 heteroatoms. The highest BCUT2D eigenvalue weighted by Gasteiger charge is 2.31. The van der Waals surface area contributed by atoms with E-state index in [-0.39, 0.29) is 18.0 Å². The number of aryl methyl sites for hydroxylation is 1. The lowest BCUT2D eigenvalue weighted by atomic mass is 10.1. The molecule has 0 aromatic heterocycles. The third-order valence-electron chi connectivity index (χ3n) is 4.70. The summed E-state index contributed by atoms with van der Waals surface area (Å²) in [5.41, 5.74) is 2.05. The number of ether oxygens (including phenoxy) is 1. The minimum Gasteiger partial charge on any atom is -0.368 e. The van der Waals surface area contributed by atoms with Crippen molar-refractivity contribution >= 4 is 17.6 Å². The quantitative estimate of drug-likeness (QED) is 0.923. The molecule has 1 atom stereocenters.